The molecule has 6 nitrogen and oxygen atoms in total. The number of carbonyl (C=O) groups is 2. The lowest BCUT2D eigenvalue weighted by Gasteiger charge is -2.16. The molecule has 9 heteroatoms. The molecule has 1 amide bonds. The summed E-state index contributed by atoms with van der Waals surface area (Å²) in [6, 6.07) is 10.2. The highest BCUT2D eigenvalue weighted by Gasteiger charge is 2.17. The summed E-state index contributed by atoms with van der Waals surface area (Å²) in [7, 11) is 1.24. The van der Waals surface area contributed by atoms with Crippen molar-refractivity contribution < 1.29 is 32.6 Å². The fourth-order valence-corrected chi connectivity index (χ4v) is 2.69. The molecule has 0 saturated carbocycles. The van der Waals surface area contributed by atoms with Crippen LogP contribution in [0.3, 0.4) is 0 Å². The van der Waals surface area contributed by atoms with E-state index in [1.165, 1.54) is 19.2 Å². The van der Waals surface area contributed by atoms with Gasteiger partial charge in [0.25, 0.3) is 5.91 Å². The summed E-state index contributed by atoms with van der Waals surface area (Å²) in [6.07, 6.45) is 0. The molecule has 150 valence electrons. The quantitative estimate of drug-likeness (QED) is 0.662. The van der Waals surface area contributed by atoms with E-state index in [0.717, 1.165) is 11.6 Å². The van der Waals surface area contributed by atoms with Gasteiger partial charge in [0, 0.05) is 5.02 Å². The summed E-state index contributed by atoms with van der Waals surface area (Å²) in [5.41, 5.74) is 0.744. The van der Waals surface area contributed by atoms with Crippen molar-refractivity contribution >= 4 is 23.5 Å². The molecule has 0 unspecified atom stereocenters. The minimum atomic E-state index is -3.03. The summed E-state index contributed by atoms with van der Waals surface area (Å²) >= 11 is 6.08. The predicted molar refractivity (Wildman–Crippen MR) is 97.9 cm³/mol. The van der Waals surface area contributed by atoms with E-state index >= 15 is 0 Å². The number of amides is 1. The zero-order valence-electron chi connectivity index (χ0n) is 15.1. The second-order valence-corrected chi connectivity index (χ2v) is 6.04. The van der Waals surface area contributed by atoms with Crippen molar-refractivity contribution in [3.05, 3.63) is 58.6 Å². The van der Waals surface area contributed by atoms with Crippen molar-refractivity contribution in [3.63, 3.8) is 0 Å². The van der Waals surface area contributed by atoms with E-state index in [1.54, 1.807) is 31.2 Å². The zero-order valence-corrected chi connectivity index (χ0v) is 15.8. The molecule has 1 atom stereocenters. The highest BCUT2D eigenvalue weighted by Crippen LogP contribution is 2.29. The maximum atomic E-state index is 12.3. The topological polar surface area (TPSA) is 73.9 Å². The van der Waals surface area contributed by atoms with Crippen LogP contribution in [0.1, 0.15) is 28.9 Å². The van der Waals surface area contributed by atoms with Crippen molar-refractivity contribution in [2.75, 3.05) is 13.7 Å². The third kappa shape index (κ3) is 5.82. The first-order valence-electron chi connectivity index (χ1n) is 8.15. The lowest BCUT2D eigenvalue weighted by atomic mass is 10.1. The Hall–Kier alpha value is -2.87. The zero-order chi connectivity index (χ0) is 20.7. The van der Waals surface area contributed by atoms with Crippen LogP contribution < -0.4 is 14.8 Å². The van der Waals surface area contributed by atoms with Gasteiger partial charge in [-0.15, -0.1) is 0 Å². The minimum absolute atomic E-state index is 0.0189. The van der Waals surface area contributed by atoms with E-state index in [1.807, 2.05) is 0 Å². The molecule has 0 aliphatic carbocycles. The SMILES string of the molecule is COc1cc(C(=O)OCC(=O)N[C@H](C)c2ccccc2Cl)ccc1OC(F)F. The number of ether oxygens (including phenoxy) is 3. The molecule has 0 radical (unpaired) electrons. The average molecular weight is 414 g/mol. The summed E-state index contributed by atoms with van der Waals surface area (Å²) in [6.45, 7) is -1.81. The Labute approximate surface area is 165 Å². The third-order valence-corrected chi connectivity index (χ3v) is 4.04. The molecule has 0 bridgehead atoms. The second kappa shape index (κ2) is 9.89. The van der Waals surface area contributed by atoms with Crippen LogP contribution in [0.15, 0.2) is 42.5 Å². The van der Waals surface area contributed by atoms with Crippen molar-refractivity contribution in [2.45, 2.75) is 19.6 Å². The smallest absolute Gasteiger partial charge is 0.387 e. The van der Waals surface area contributed by atoms with Gasteiger partial charge in [-0.05, 0) is 36.8 Å². The highest BCUT2D eigenvalue weighted by molar-refractivity contribution is 6.31. The maximum Gasteiger partial charge on any atom is 0.387 e. The molecule has 2 aromatic carbocycles. The fourth-order valence-electron chi connectivity index (χ4n) is 2.39. The molecule has 28 heavy (non-hydrogen) atoms. The number of rotatable bonds is 8. The predicted octanol–water partition coefficient (Wildman–Crippen LogP) is 3.98. The van der Waals surface area contributed by atoms with Crippen LogP contribution in [0, 0.1) is 0 Å². The Bertz CT molecular complexity index is 847. The first-order valence-corrected chi connectivity index (χ1v) is 8.53. The normalized spacial score (nSPS) is 11.6. The largest absolute Gasteiger partial charge is 0.493 e. The van der Waals surface area contributed by atoms with Gasteiger partial charge in [-0.1, -0.05) is 29.8 Å². The van der Waals surface area contributed by atoms with Crippen molar-refractivity contribution in [1.29, 1.82) is 0 Å². The molecule has 0 heterocycles. The van der Waals surface area contributed by atoms with Gasteiger partial charge in [0.15, 0.2) is 18.1 Å². The monoisotopic (exact) mass is 413 g/mol. The Morgan fingerprint density at radius 2 is 1.86 bits per heavy atom. The molecule has 0 saturated heterocycles. The van der Waals surface area contributed by atoms with Gasteiger partial charge in [-0.25, -0.2) is 4.79 Å². The van der Waals surface area contributed by atoms with Gasteiger partial charge in [0.1, 0.15) is 0 Å². The summed E-state index contributed by atoms with van der Waals surface area (Å²) in [5, 5.41) is 3.17. The highest BCUT2D eigenvalue weighted by atomic mass is 35.5. The van der Waals surface area contributed by atoms with Crippen LogP contribution in [-0.4, -0.2) is 32.2 Å². The van der Waals surface area contributed by atoms with Gasteiger partial charge in [0.2, 0.25) is 0 Å². The molecule has 0 aliphatic rings. The van der Waals surface area contributed by atoms with Crippen molar-refractivity contribution in [1.82, 2.24) is 5.32 Å². The Balaban J connectivity index is 1.94. The molecule has 2 aromatic rings. The summed E-state index contributed by atoms with van der Waals surface area (Å²) < 4.78 is 38.8. The molecule has 0 spiro atoms. The molecule has 0 fully saturated rings. The number of nitrogens with one attached hydrogen (secondary N) is 1. The lowest BCUT2D eigenvalue weighted by molar-refractivity contribution is -0.124. The molecular formula is C19H18ClF2NO5. The minimum Gasteiger partial charge on any atom is -0.493 e. The Morgan fingerprint density at radius 1 is 1.14 bits per heavy atom. The number of carbonyl (C=O) groups excluding carboxylic acids is 2. The van der Waals surface area contributed by atoms with Crippen LogP contribution in [-0.2, 0) is 9.53 Å². The Kier molecular flexibility index (Phi) is 7.57. The fraction of sp³-hybridized carbons (Fsp3) is 0.263. The van der Waals surface area contributed by atoms with Crippen LogP contribution >= 0.6 is 11.6 Å². The van der Waals surface area contributed by atoms with Crippen molar-refractivity contribution in [2.24, 2.45) is 0 Å². The van der Waals surface area contributed by atoms with Crippen LogP contribution in [0.5, 0.6) is 11.5 Å². The summed E-state index contributed by atoms with van der Waals surface area (Å²) in [4.78, 5) is 24.1. The molecule has 0 aliphatic heterocycles. The van der Waals surface area contributed by atoms with Gasteiger partial charge in [0.05, 0.1) is 18.7 Å². The van der Waals surface area contributed by atoms with Crippen LogP contribution in [0.2, 0.25) is 5.02 Å². The maximum absolute atomic E-state index is 12.3. The molecule has 2 rings (SSSR count). The first kappa shape index (κ1) is 21.4. The standard InChI is InChI=1S/C19H18ClF2NO5/c1-11(13-5-3-4-6-14(13)20)23-17(24)10-27-18(25)12-7-8-15(28-19(21)22)16(9-12)26-2/h3-9,11,19H,10H2,1-2H3,(H,23,24)/t11-/m1/s1. The van der Waals surface area contributed by atoms with Gasteiger partial charge >= 0.3 is 12.6 Å². The molecular weight excluding hydrogens is 396 g/mol. The number of halogens is 3. The average Bonchev–Trinajstić information content (AvgIpc) is 2.66. The Morgan fingerprint density at radius 3 is 2.50 bits per heavy atom. The second-order valence-electron chi connectivity index (χ2n) is 5.63. The van der Waals surface area contributed by atoms with Gasteiger partial charge in [-0.2, -0.15) is 8.78 Å². The third-order valence-electron chi connectivity index (χ3n) is 3.70. The number of benzene rings is 2. The van der Waals surface area contributed by atoms with E-state index < -0.39 is 25.1 Å². The first-order chi connectivity index (χ1) is 13.3. The number of alkyl halides is 2. The molecule has 1 N–H and O–H groups in total. The molecule has 0 aromatic heterocycles. The number of hydrogen-bond acceptors (Lipinski definition) is 5. The van der Waals surface area contributed by atoms with Crippen LogP contribution in [0.4, 0.5) is 8.78 Å². The van der Waals surface area contributed by atoms with E-state index in [2.05, 4.69) is 10.1 Å². The lowest BCUT2D eigenvalue weighted by Crippen LogP contribution is -2.31. The van der Waals surface area contributed by atoms with Crippen molar-refractivity contribution in [3.8, 4) is 11.5 Å². The van der Waals surface area contributed by atoms with E-state index in [0.29, 0.717) is 5.02 Å². The van der Waals surface area contributed by atoms with Gasteiger partial charge < -0.3 is 19.5 Å². The number of esters is 1. The van der Waals surface area contributed by atoms with E-state index in [-0.39, 0.29) is 23.1 Å². The van der Waals surface area contributed by atoms with E-state index in [9.17, 15) is 18.4 Å². The van der Waals surface area contributed by atoms with Crippen LogP contribution in [0.25, 0.3) is 0 Å². The number of hydrogen-bond donors (Lipinski definition) is 1. The van der Waals surface area contributed by atoms with Gasteiger partial charge in [-0.3, -0.25) is 4.79 Å². The van der Waals surface area contributed by atoms with E-state index in [4.69, 9.17) is 21.1 Å². The summed E-state index contributed by atoms with van der Waals surface area (Å²) in [5.74, 6) is -1.63. The number of methoxy groups -OCH3 is 1.